The molecule has 0 aliphatic carbocycles. The van der Waals surface area contributed by atoms with Gasteiger partial charge in [0, 0.05) is 6.54 Å². The molecule has 0 bridgehead atoms. The topological polar surface area (TPSA) is 111 Å². The number of ether oxygens (including phenoxy) is 1. The predicted octanol–water partition coefficient (Wildman–Crippen LogP) is 0.587. The molecular formula is C15H16N6O4. The van der Waals surface area contributed by atoms with E-state index in [2.05, 4.69) is 15.5 Å². The standard InChI is InChI=1S/C15H16N6O4/c1-3-8-20-12(16-17-18-20)9-19-13(22)14(23)21(15(19)24)10-4-6-11(25-2)7-5-10/h4-7H,3,8-9H2,1-2H3. The van der Waals surface area contributed by atoms with Crippen LogP contribution in [-0.4, -0.2) is 50.1 Å². The number of hydrogen-bond acceptors (Lipinski definition) is 7. The summed E-state index contributed by atoms with van der Waals surface area (Å²) in [7, 11) is 1.51. The van der Waals surface area contributed by atoms with Crippen LogP contribution in [0.5, 0.6) is 5.75 Å². The molecular weight excluding hydrogens is 328 g/mol. The van der Waals surface area contributed by atoms with Crippen molar-refractivity contribution in [3.63, 3.8) is 0 Å². The monoisotopic (exact) mass is 344 g/mol. The van der Waals surface area contributed by atoms with Gasteiger partial charge < -0.3 is 4.74 Å². The van der Waals surface area contributed by atoms with Crippen LogP contribution in [0.25, 0.3) is 0 Å². The van der Waals surface area contributed by atoms with Gasteiger partial charge in [0.15, 0.2) is 5.82 Å². The van der Waals surface area contributed by atoms with Gasteiger partial charge >= 0.3 is 17.8 Å². The molecule has 1 saturated heterocycles. The number of methoxy groups -OCH3 is 1. The zero-order chi connectivity index (χ0) is 18.0. The van der Waals surface area contributed by atoms with Gasteiger partial charge in [0.05, 0.1) is 19.3 Å². The number of aryl methyl sites for hydroxylation is 1. The predicted molar refractivity (Wildman–Crippen MR) is 84.5 cm³/mol. The summed E-state index contributed by atoms with van der Waals surface area (Å²) in [6.45, 7) is 2.34. The van der Waals surface area contributed by atoms with Crippen molar-refractivity contribution in [1.82, 2.24) is 25.1 Å². The second-order valence-electron chi connectivity index (χ2n) is 5.33. The van der Waals surface area contributed by atoms with Crippen LogP contribution >= 0.6 is 0 Å². The fraction of sp³-hybridized carbons (Fsp3) is 0.333. The largest absolute Gasteiger partial charge is 0.497 e. The number of aromatic nitrogens is 4. The summed E-state index contributed by atoms with van der Waals surface area (Å²) in [6, 6.07) is 5.54. The number of imide groups is 2. The summed E-state index contributed by atoms with van der Waals surface area (Å²) in [6.07, 6.45) is 0.789. The van der Waals surface area contributed by atoms with Crippen molar-refractivity contribution in [3.05, 3.63) is 30.1 Å². The number of rotatable bonds is 6. The highest BCUT2D eigenvalue weighted by atomic mass is 16.5. The number of benzene rings is 1. The minimum Gasteiger partial charge on any atom is -0.497 e. The molecule has 1 aliphatic heterocycles. The Labute approximate surface area is 143 Å². The van der Waals surface area contributed by atoms with Gasteiger partial charge in [0.25, 0.3) is 0 Å². The fourth-order valence-corrected chi connectivity index (χ4v) is 2.47. The number of anilines is 1. The van der Waals surface area contributed by atoms with Crippen LogP contribution in [0.2, 0.25) is 0 Å². The molecule has 0 spiro atoms. The number of tetrazole rings is 1. The number of amides is 4. The van der Waals surface area contributed by atoms with Crippen LogP contribution in [0.4, 0.5) is 10.5 Å². The SMILES string of the molecule is CCCn1nnnc1CN1C(=O)C(=O)N(c2ccc(OC)cc2)C1=O. The molecule has 0 unspecified atom stereocenters. The third-order valence-electron chi connectivity index (χ3n) is 3.73. The molecule has 10 heteroatoms. The first-order valence-electron chi connectivity index (χ1n) is 7.65. The molecule has 0 saturated carbocycles. The quantitative estimate of drug-likeness (QED) is 0.557. The molecule has 130 valence electrons. The second-order valence-corrected chi connectivity index (χ2v) is 5.33. The Bertz CT molecular complexity index is 816. The van der Waals surface area contributed by atoms with Crippen LogP contribution in [0.15, 0.2) is 24.3 Å². The molecule has 10 nitrogen and oxygen atoms in total. The maximum absolute atomic E-state index is 12.6. The van der Waals surface area contributed by atoms with Gasteiger partial charge in [-0.3, -0.25) is 9.59 Å². The van der Waals surface area contributed by atoms with Crippen LogP contribution in [-0.2, 0) is 22.7 Å². The van der Waals surface area contributed by atoms with Gasteiger partial charge in [-0.25, -0.2) is 19.3 Å². The van der Waals surface area contributed by atoms with Gasteiger partial charge in [0.2, 0.25) is 0 Å². The van der Waals surface area contributed by atoms with Crippen LogP contribution in [0, 0.1) is 0 Å². The van der Waals surface area contributed by atoms with E-state index in [1.54, 1.807) is 12.1 Å². The lowest BCUT2D eigenvalue weighted by atomic mass is 10.3. The van der Waals surface area contributed by atoms with Gasteiger partial charge in [-0.05, 0) is 41.1 Å². The van der Waals surface area contributed by atoms with E-state index in [4.69, 9.17) is 4.74 Å². The van der Waals surface area contributed by atoms with Crippen molar-refractivity contribution in [2.45, 2.75) is 26.4 Å². The van der Waals surface area contributed by atoms with Crippen LogP contribution in [0.3, 0.4) is 0 Å². The van der Waals surface area contributed by atoms with E-state index in [1.807, 2.05) is 6.92 Å². The highest BCUT2D eigenvalue weighted by Gasteiger charge is 2.45. The zero-order valence-corrected chi connectivity index (χ0v) is 13.7. The average Bonchev–Trinajstić information content (AvgIpc) is 3.14. The van der Waals surface area contributed by atoms with Crippen molar-refractivity contribution in [3.8, 4) is 5.75 Å². The van der Waals surface area contributed by atoms with Crippen LogP contribution in [0.1, 0.15) is 19.2 Å². The van der Waals surface area contributed by atoms with Crippen molar-refractivity contribution in [2.75, 3.05) is 12.0 Å². The Morgan fingerprint density at radius 2 is 1.80 bits per heavy atom. The van der Waals surface area contributed by atoms with Gasteiger partial charge in [-0.1, -0.05) is 6.92 Å². The van der Waals surface area contributed by atoms with E-state index in [0.717, 1.165) is 16.2 Å². The Balaban J connectivity index is 1.85. The number of carbonyl (C=O) groups excluding carboxylic acids is 3. The summed E-state index contributed by atoms with van der Waals surface area (Å²) < 4.78 is 6.54. The van der Waals surface area contributed by atoms with Crippen molar-refractivity contribution < 1.29 is 19.1 Å². The third kappa shape index (κ3) is 2.93. The molecule has 1 aromatic heterocycles. The molecule has 0 radical (unpaired) electrons. The smallest absolute Gasteiger partial charge is 0.339 e. The minimum absolute atomic E-state index is 0.164. The van der Waals surface area contributed by atoms with Crippen molar-refractivity contribution >= 4 is 23.5 Å². The average molecular weight is 344 g/mol. The molecule has 25 heavy (non-hydrogen) atoms. The van der Waals surface area contributed by atoms with Gasteiger partial charge in [-0.15, -0.1) is 5.10 Å². The molecule has 1 fully saturated rings. The van der Waals surface area contributed by atoms with Gasteiger partial charge in [0.1, 0.15) is 5.75 Å². The first-order valence-corrected chi connectivity index (χ1v) is 7.65. The first-order chi connectivity index (χ1) is 12.1. The highest BCUT2D eigenvalue weighted by molar-refractivity contribution is 6.52. The van der Waals surface area contributed by atoms with E-state index in [-0.39, 0.29) is 6.54 Å². The molecule has 3 rings (SSSR count). The van der Waals surface area contributed by atoms with E-state index in [1.165, 1.54) is 23.9 Å². The van der Waals surface area contributed by atoms with E-state index < -0.39 is 17.8 Å². The lowest BCUT2D eigenvalue weighted by molar-refractivity contribution is -0.139. The lowest BCUT2D eigenvalue weighted by Crippen LogP contribution is -2.33. The van der Waals surface area contributed by atoms with E-state index >= 15 is 0 Å². The third-order valence-corrected chi connectivity index (χ3v) is 3.73. The maximum atomic E-state index is 12.6. The van der Waals surface area contributed by atoms with E-state index in [9.17, 15) is 14.4 Å². The number of carbonyl (C=O) groups is 3. The Kier molecular flexibility index (Phi) is 4.42. The second kappa shape index (κ2) is 6.67. The van der Waals surface area contributed by atoms with Crippen molar-refractivity contribution in [2.24, 2.45) is 0 Å². The summed E-state index contributed by atoms with van der Waals surface area (Å²) in [4.78, 5) is 38.7. The Hall–Kier alpha value is -3.30. The van der Waals surface area contributed by atoms with Crippen LogP contribution < -0.4 is 9.64 Å². The Morgan fingerprint density at radius 3 is 2.44 bits per heavy atom. The maximum Gasteiger partial charge on any atom is 0.339 e. The molecule has 0 N–H and O–H groups in total. The molecule has 1 aromatic carbocycles. The van der Waals surface area contributed by atoms with Gasteiger partial charge in [-0.2, -0.15) is 0 Å². The molecule has 1 aliphatic rings. The summed E-state index contributed by atoms with van der Waals surface area (Å²) >= 11 is 0. The number of hydrogen-bond donors (Lipinski definition) is 0. The molecule has 0 atom stereocenters. The zero-order valence-electron chi connectivity index (χ0n) is 13.7. The molecule has 2 heterocycles. The minimum atomic E-state index is -0.912. The first kappa shape index (κ1) is 16.6. The highest BCUT2D eigenvalue weighted by Crippen LogP contribution is 2.25. The summed E-state index contributed by atoms with van der Waals surface area (Å²) in [5, 5.41) is 11.2. The summed E-state index contributed by atoms with van der Waals surface area (Å²) in [5.74, 6) is -0.908. The molecule has 4 amide bonds. The fourth-order valence-electron chi connectivity index (χ4n) is 2.47. The summed E-state index contributed by atoms with van der Waals surface area (Å²) in [5.41, 5.74) is 0.291. The number of nitrogens with zero attached hydrogens (tertiary/aromatic N) is 6. The number of urea groups is 1. The lowest BCUT2D eigenvalue weighted by Gasteiger charge is -2.15. The van der Waals surface area contributed by atoms with E-state index in [0.29, 0.717) is 23.8 Å². The molecule has 2 aromatic rings. The van der Waals surface area contributed by atoms with Crippen molar-refractivity contribution in [1.29, 1.82) is 0 Å². The Morgan fingerprint density at radius 1 is 1.08 bits per heavy atom. The normalized spacial score (nSPS) is 14.6.